The number of rotatable bonds is 3. The topological polar surface area (TPSA) is 89.2 Å². The summed E-state index contributed by atoms with van der Waals surface area (Å²) in [6, 6.07) is 5.20. The number of nitro groups is 1. The molecule has 0 atom stereocenters. The number of nitro benzene ring substituents is 1. The molecule has 0 radical (unpaired) electrons. The van der Waals surface area contributed by atoms with E-state index in [1.165, 1.54) is 0 Å². The van der Waals surface area contributed by atoms with Gasteiger partial charge in [0.1, 0.15) is 0 Å². The first-order chi connectivity index (χ1) is 9.93. The molecule has 6 heteroatoms. The summed E-state index contributed by atoms with van der Waals surface area (Å²) in [6.07, 6.45) is 0.597. The average molecular weight is 287 g/mol. The van der Waals surface area contributed by atoms with Crippen LogP contribution >= 0.6 is 0 Å². The number of aryl methyl sites for hydroxylation is 3. The van der Waals surface area contributed by atoms with E-state index in [2.05, 4.69) is 9.97 Å². The first-order valence-electron chi connectivity index (χ1n) is 6.64. The normalized spacial score (nSPS) is 10.7. The molecule has 6 nitrogen and oxygen atoms in total. The second-order valence-electron chi connectivity index (χ2n) is 4.89. The lowest BCUT2D eigenvalue weighted by Gasteiger charge is -2.05. The van der Waals surface area contributed by atoms with Gasteiger partial charge in [0.05, 0.1) is 32.9 Å². The third kappa shape index (κ3) is 3.05. The third-order valence-electron chi connectivity index (χ3n) is 3.43. The molecule has 0 saturated heterocycles. The molecule has 110 valence electrons. The number of aliphatic hydroxyl groups is 1. The molecule has 0 fully saturated rings. The van der Waals surface area contributed by atoms with E-state index in [0.717, 1.165) is 33.2 Å². The second-order valence-corrected chi connectivity index (χ2v) is 4.89. The van der Waals surface area contributed by atoms with E-state index in [1.54, 1.807) is 12.1 Å². The van der Waals surface area contributed by atoms with Gasteiger partial charge in [0.15, 0.2) is 0 Å². The van der Waals surface area contributed by atoms with Crippen molar-refractivity contribution in [1.29, 1.82) is 0 Å². The van der Waals surface area contributed by atoms with Crippen molar-refractivity contribution in [2.45, 2.75) is 27.2 Å². The summed E-state index contributed by atoms with van der Waals surface area (Å²) in [4.78, 5) is 18.3. The number of hydrogen-bond donors (Lipinski definition) is 1. The van der Waals surface area contributed by atoms with Crippen LogP contribution in [0.3, 0.4) is 0 Å². The summed E-state index contributed by atoms with van der Waals surface area (Å²) in [5.41, 5.74) is 4.00. The molecule has 21 heavy (non-hydrogen) atoms. The van der Waals surface area contributed by atoms with Gasteiger partial charge >= 0.3 is 0 Å². The summed E-state index contributed by atoms with van der Waals surface area (Å²) >= 11 is 0. The number of hydrogen-bond acceptors (Lipinski definition) is 5. The van der Waals surface area contributed by atoms with Crippen LogP contribution in [-0.2, 0) is 6.42 Å². The van der Waals surface area contributed by atoms with Crippen LogP contribution in [0.5, 0.6) is 0 Å². The Labute approximate surface area is 122 Å². The monoisotopic (exact) mass is 287 g/mol. The standard InChI is InChI=1S/C9H14N2O.C6H3NO2/c1-6-7(2)11-9(4-5-12)8(3)10-6;8-7(9)6-3-4-1-2-5(4)6/h12H,4-5H2,1-3H3;1-3H. The lowest BCUT2D eigenvalue weighted by Crippen LogP contribution is -2.04. The highest BCUT2D eigenvalue weighted by Gasteiger charge is 2.15. The van der Waals surface area contributed by atoms with Crippen molar-refractivity contribution in [3.8, 4) is 0 Å². The number of aromatic nitrogens is 2. The maximum Gasteiger partial charge on any atom is 0.277 e. The van der Waals surface area contributed by atoms with Gasteiger partial charge in [-0.05, 0) is 32.1 Å². The van der Waals surface area contributed by atoms with E-state index >= 15 is 0 Å². The van der Waals surface area contributed by atoms with Gasteiger partial charge in [0.2, 0.25) is 0 Å². The average Bonchev–Trinajstić information content (AvgIpc) is 2.40. The van der Waals surface area contributed by atoms with Crippen LogP contribution in [0.1, 0.15) is 22.8 Å². The molecule has 0 aromatic carbocycles. The molecular formula is C15H17N3O3. The Morgan fingerprint density at radius 1 is 1.14 bits per heavy atom. The zero-order valence-corrected chi connectivity index (χ0v) is 12.3. The van der Waals surface area contributed by atoms with E-state index in [0.29, 0.717) is 6.42 Å². The minimum Gasteiger partial charge on any atom is -0.396 e. The van der Waals surface area contributed by atoms with Crippen LogP contribution in [0.15, 0.2) is 18.2 Å². The number of non-ortho nitro benzene ring substituents is 1. The van der Waals surface area contributed by atoms with Gasteiger partial charge in [0, 0.05) is 19.1 Å². The van der Waals surface area contributed by atoms with Gasteiger partial charge in [-0.2, -0.15) is 0 Å². The smallest absolute Gasteiger partial charge is 0.277 e. The maximum absolute atomic E-state index is 10.0. The van der Waals surface area contributed by atoms with E-state index in [9.17, 15) is 10.1 Å². The fourth-order valence-electron chi connectivity index (χ4n) is 2.02. The summed E-state index contributed by atoms with van der Waals surface area (Å²) in [7, 11) is 0. The molecule has 0 saturated carbocycles. The third-order valence-corrected chi connectivity index (χ3v) is 3.43. The molecule has 3 rings (SSSR count). The highest BCUT2D eigenvalue weighted by Crippen LogP contribution is 2.22. The molecule has 2 aliphatic rings. The van der Waals surface area contributed by atoms with Gasteiger partial charge in [-0.3, -0.25) is 20.1 Å². The van der Waals surface area contributed by atoms with Gasteiger partial charge < -0.3 is 5.11 Å². The maximum atomic E-state index is 10.0. The summed E-state index contributed by atoms with van der Waals surface area (Å²) in [6.45, 7) is 5.93. The molecule has 0 aliphatic heterocycles. The molecule has 1 heterocycles. The Balaban J connectivity index is 0.000000159. The van der Waals surface area contributed by atoms with Crippen molar-refractivity contribution < 1.29 is 10.0 Å². The van der Waals surface area contributed by atoms with Crippen molar-refractivity contribution >= 4 is 5.69 Å². The zero-order chi connectivity index (χ0) is 15.6. The Morgan fingerprint density at radius 3 is 2.19 bits per heavy atom. The zero-order valence-electron chi connectivity index (χ0n) is 12.3. The summed E-state index contributed by atoms with van der Waals surface area (Å²) in [5, 5.41) is 20.6. The van der Waals surface area contributed by atoms with Gasteiger partial charge in [-0.15, -0.1) is 0 Å². The van der Waals surface area contributed by atoms with Crippen molar-refractivity contribution in [3.63, 3.8) is 0 Å². The van der Waals surface area contributed by atoms with Crippen LogP contribution in [0.2, 0.25) is 0 Å². The number of nitrogens with zero attached hydrogens (tertiary/aromatic N) is 3. The highest BCUT2D eigenvalue weighted by molar-refractivity contribution is 5.44. The highest BCUT2D eigenvalue weighted by atomic mass is 16.6. The van der Waals surface area contributed by atoms with Crippen LogP contribution in [0, 0.1) is 41.3 Å². The quantitative estimate of drug-likeness (QED) is 0.589. The number of aliphatic hydroxyl groups excluding tert-OH is 1. The molecule has 0 unspecified atom stereocenters. The van der Waals surface area contributed by atoms with E-state index in [1.807, 2.05) is 26.8 Å². The molecule has 0 bridgehead atoms. The van der Waals surface area contributed by atoms with Crippen LogP contribution in [0.4, 0.5) is 5.69 Å². The molecule has 1 aromatic heterocycles. The van der Waals surface area contributed by atoms with Gasteiger partial charge in [0.25, 0.3) is 5.69 Å². The van der Waals surface area contributed by atoms with Crippen molar-refractivity contribution in [1.82, 2.24) is 9.97 Å². The fraction of sp³-hybridized carbons (Fsp3) is 0.333. The lowest BCUT2D eigenvalue weighted by atomic mass is 10.1. The summed E-state index contributed by atoms with van der Waals surface area (Å²) < 4.78 is 0. The molecule has 2 aliphatic carbocycles. The van der Waals surface area contributed by atoms with Crippen LogP contribution in [-0.4, -0.2) is 26.6 Å². The number of benzene rings is 1. The Hall–Kier alpha value is -2.34. The van der Waals surface area contributed by atoms with Crippen LogP contribution < -0.4 is 0 Å². The van der Waals surface area contributed by atoms with E-state index in [-0.39, 0.29) is 17.2 Å². The minimum atomic E-state index is -0.359. The van der Waals surface area contributed by atoms with Crippen molar-refractivity contribution in [3.05, 3.63) is 61.5 Å². The SMILES string of the molecule is Cc1nc(C)c(CCO)nc1C.O=[N+]([O-])c1cc2ccc1=2. The Bertz CT molecular complexity index is 787. The predicted octanol–water partition coefficient (Wildman–Crippen LogP) is 2.13. The molecule has 0 amide bonds. The first-order valence-corrected chi connectivity index (χ1v) is 6.64. The van der Waals surface area contributed by atoms with Gasteiger partial charge in [-0.25, -0.2) is 0 Å². The minimum absolute atomic E-state index is 0.137. The van der Waals surface area contributed by atoms with E-state index < -0.39 is 0 Å². The lowest BCUT2D eigenvalue weighted by molar-refractivity contribution is -0.386. The Kier molecular flexibility index (Phi) is 4.28. The van der Waals surface area contributed by atoms with Gasteiger partial charge in [-0.1, -0.05) is 6.07 Å². The van der Waals surface area contributed by atoms with Crippen LogP contribution in [0.25, 0.3) is 0 Å². The second kappa shape index (κ2) is 5.97. The fourth-order valence-corrected chi connectivity index (χ4v) is 2.02. The molecule has 1 N–H and O–H groups in total. The largest absolute Gasteiger partial charge is 0.396 e. The van der Waals surface area contributed by atoms with Crippen molar-refractivity contribution in [2.24, 2.45) is 0 Å². The molecule has 0 spiro atoms. The van der Waals surface area contributed by atoms with E-state index in [4.69, 9.17) is 5.11 Å². The summed E-state index contributed by atoms with van der Waals surface area (Å²) in [5.74, 6) is 0. The molecular weight excluding hydrogens is 270 g/mol. The Morgan fingerprint density at radius 2 is 1.81 bits per heavy atom. The predicted molar refractivity (Wildman–Crippen MR) is 77.8 cm³/mol. The van der Waals surface area contributed by atoms with Crippen molar-refractivity contribution in [2.75, 3.05) is 6.61 Å². The first kappa shape index (κ1) is 15.1. The molecule has 1 aromatic rings.